The average molecular weight is 459 g/mol. The Morgan fingerprint density at radius 1 is 1.22 bits per heavy atom. The molecule has 3 saturated carbocycles. The fourth-order valence-electron chi connectivity index (χ4n) is 5.07. The number of anilines is 1. The number of Topliss-reactive ketones (excluding diaryl/α,β-unsaturated/α-hetero) is 1. The second kappa shape index (κ2) is 7.48. The molecule has 3 fully saturated rings. The van der Waals surface area contributed by atoms with E-state index in [0.29, 0.717) is 37.1 Å². The van der Waals surface area contributed by atoms with E-state index < -0.39 is 29.3 Å². The summed E-state index contributed by atoms with van der Waals surface area (Å²) in [4.78, 5) is 37.2. The minimum absolute atomic E-state index is 0.00907. The summed E-state index contributed by atoms with van der Waals surface area (Å²) in [7, 11) is 0. The van der Waals surface area contributed by atoms with Gasteiger partial charge in [-0.15, -0.1) is 0 Å². The van der Waals surface area contributed by atoms with Crippen molar-refractivity contribution in [3.05, 3.63) is 53.3 Å². The maximum absolute atomic E-state index is 13.5. The highest BCUT2D eigenvalue weighted by molar-refractivity contribution is 6.30. The van der Waals surface area contributed by atoms with Gasteiger partial charge in [-0.25, -0.2) is 4.39 Å². The van der Waals surface area contributed by atoms with Crippen LogP contribution in [0.25, 0.3) is 0 Å². The van der Waals surface area contributed by atoms with E-state index in [1.54, 1.807) is 24.3 Å². The van der Waals surface area contributed by atoms with E-state index in [2.05, 4.69) is 10.6 Å². The Morgan fingerprint density at radius 2 is 1.97 bits per heavy atom. The van der Waals surface area contributed by atoms with Gasteiger partial charge in [0.2, 0.25) is 0 Å². The molecule has 3 aliphatic carbocycles. The molecule has 0 radical (unpaired) electrons. The molecule has 0 aromatic heterocycles. The van der Waals surface area contributed by atoms with Crippen LogP contribution in [0, 0.1) is 11.2 Å². The highest BCUT2D eigenvalue weighted by atomic mass is 35.5. The van der Waals surface area contributed by atoms with Gasteiger partial charge in [0.05, 0.1) is 10.7 Å². The molecule has 1 heterocycles. The maximum atomic E-state index is 13.5. The van der Waals surface area contributed by atoms with Crippen LogP contribution in [0.1, 0.15) is 25.7 Å². The van der Waals surface area contributed by atoms with E-state index in [1.165, 1.54) is 12.1 Å². The van der Waals surface area contributed by atoms with Gasteiger partial charge < -0.3 is 20.1 Å². The second-order valence-electron chi connectivity index (χ2n) is 8.86. The first-order valence-electron chi connectivity index (χ1n) is 10.2. The van der Waals surface area contributed by atoms with Crippen LogP contribution >= 0.6 is 11.6 Å². The number of ketones is 1. The molecule has 2 bridgehead atoms. The third kappa shape index (κ3) is 3.68. The second-order valence-corrected chi connectivity index (χ2v) is 9.27. The minimum Gasteiger partial charge on any atom is -0.486 e. The molecule has 1 aliphatic heterocycles. The lowest BCUT2D eigenvalue weighted by Gasteiger charge is -2.70. The van der Waals surface area contributed by atoms with Gasteiger partial charge in [-0.1, -0.05) is 23.7 Å². The molecule has 0 spiro atoms. The van der Waals surface area contributed by atoms with Crippen LogP contribution in [0.4, 0.5) is 10.1 Å². The number of nitrogens with one attached hydrogen (secondary N) is 2. The van der Waals surface area contributed by atoms with Crippen LogP contribution in [-0.4, -0.2) is 35.8 Å². The Labute approximate surface area is 188 Å². The maximum Gasteiger partial charge on any atom is 0.275 e. The van der Waals surface area contributed by atoms with Crippen molar-refractivity contribution in [2.45, 2.75) is 37.3 Å². The minimum atomic E-state index is -1.25. The van der Waals surface area contributed by atoms with Crippen molar-refractivity contribution in [2.75, 3.05) is 11.9 Å². The normalized spacial score (nSPS) is 27.1. The van der Waals surface area contributed by atoms with E-state index in [0.717, 1.165) is 6.07 Å². The van der Waals surface area contributed by atoms with Crippen LogP contribution in [0.2, 0.25) is 5.02 Å². The van der Waals surface area contributed by atoms with E-state index in [4.69, 9.17) is 21.1 Å². The Kier molecular flexibility index (Phi) is 4.85. The van der Waals surface area contributed by atoms with Gasteiger partial charge in [-0.3, -0.25) is 14.4 Å². The molecule has 2 amide bonds. The van der Waals surface area contributed by atoms with Crippen LogP contribution in [0.15, 0.2) is 42.5 Å². The van der Waals surface area contributed by atoms with Crippen molar-refractivity contribution >= 4 is 34.9 Å². The van der Waals surface area contributed by atoms with Crippen LogP contribution < -0.4 is 20.1 Å². The number of amides is 2. The summed E-state index contributed by atoms with van der Waals surface area (Å²) in [6.45, 7) is -0.155. The number of para-hydroxylation sites is 2. The monoisotopic (exact) mass is 458 g/mol. The number of rotatable bonds is 7. The molecule has 4 aliphatic rings. The summed E-state index contributed by atoms with van der Waals surface area (Å²) >= 11 is 5.63. The highest BCUT2D eigenvalue weighted by Crippen LogP contribution is 2.69. The number of halogens is 2. The van der Waals surface area contributed by atoms with Gasteiger partial charge in [0.25, 0.3) is 17.9 Å². The van der Waals surface area contributed by atoms with Gasteiger partial charge in [-0.05, 0) is 48.9 Å². The fraction of sp³-hybridized carbons (Fsp3) is 0.348. The molecule has 0 saturated heterocycles. The first kappa shape index (κ1) is 20.8. The Morgan fingerprint density at radius 3 is 2.72 bits per heavy atom. The van der Waals surface area contributed by atoms with Gasteiger partial charge in [-0.2, -0.15) is 0 Å². The molecule has 7 nitrogen and oxygen atoms in total. The van der Waals surface area contributed by atoms with Gasteiger partial charge in [0, 0.05) is 18.0 Å². The summed E-state index contributed by atoms with van der Waals surface area (Å²) in [5.74, 6) is -0.987. The number of hydrogen-bond donors (Lipinski definition) is 2. The molecule has 32 heavy (non-hydrogen) atoms. The van der Waals surface area contributed by atoms with Crippen molar-refractivity contribution in [1.82, 2.24) is 5.32 Å². The van der Waals surface area contributed by atoms with Gasteiger partial charge in [0.1, 0.15) is 23.9 Å². The number of fused-ring (bicyclic) bond motifs is 1. The van der Waals surface area contributed by atoms with Gasteiger partial charge in [0.15, 0.2) is 5.78 Å². The van der Waals surface area contributed by atoms with Gasteiger partial charge >= 0.3 is 0 Å². The molecule has 6 rings (SSSR count). The van der Waals surface area contributed by atoms with Crippen LogP contribution in [0.3, 0.4) is 0 Å². The molecular weight excluding hydrogens is 439 g/mol. The van der Waals surface area contributed by atoms with E-state index in [-0.39, 0.29) is 28.6 Å². The predicted octanol–water partition coefficient (Wildman–Crippen LogP) is 3.26. The van der Waals surface area contributed by atoms with E-state index >= 15 is 0 Å². The molecule has 2 aromatic rings. The predicted molar refractivity (Wildman–Crippen MR) is 113 cm³/mol. The molecule has 1 unspecified atom stereocenters. The summed E-state index contributed by atoms with van der Waals surface area (Å²) in [5.41, 5.74) is -0.00701. The molecular formula is C23H20ClFN2O5. The lowest BCUT2D eigenvalue weighted by molar-refractivity contribution is -0.175. The smallest absolute Gasteiger partial charge is 0.275 e. The zero-order chi connectivity index (χ0) is 22.5. The fourth-order valence-corrected chi connectivity index (χ4v) is 5.19. The topological polar surface area (TPSA) is 93.7 Å². The third-order valence-corrected chi connectivity index (χ3v) is 6.56. The summed E-state index contributed by atoms with van der Waals surface area (Å²) in [5, 5.41) is 5.61. The SMILES string of the molecule is O=C(COc1ccc(Cl)c(F)c1)CC12CC(NC(=O)C3Oc4ccccc4NC3=O)(C1)C2. The van der Waals surface area contributed by atoms with Crippen molar-refractivity contribution in [3.8, 4) is 11.5 Å². The quantitative estimate of drug-likeness (QED) is 0.621. The molecule has 1 atom stereocenters. The highest BCUT2D eigenvalue weighted by Gasteiger charge is 2.68. The largest absolute Gasteiger partial charge is 0.486 e. The van der Waals surface area contributed by atoms with E-state index in [1.807, 2.05) is 0 Å². The number of ether oxygens (including phenoxy) is 2. The van der Waals surface area contributed by atoms with Crippen molar-refractivity contribution in [3.63, 3.8) is 0 Å². The number of carbonyl (C=O) groups excluding carboxylic acids is 3. The molecule has 166 valence electrons. The number of benzene rings is 2. The summed E-state index contributed by atoms with van der Waals surface area (Å²) < 4.78 is 24.4. The van der Waals surface area contributed by atoms with Crippen molar-refractivity contribution in [2.24, 2.45) is 5.41 Å². The van der Waals surface area contributed by atoms with Crippen LogP contribution in [0.5, 0.6) is 11.5 Å². The molecule has 2 aromatic carbocycles. The standard InChI is InChI=1S/C23H20ClFN2O5/c24-15-6-5-14(7-16(15)25)31-9-13(28)8-22-10-23(11-22,12-22)27-21(30)19-20(29)26-17-3-1-2-4-18(17)32-19/h1-7,19H,8-12H2,(H,26,29)(H,27,30). The summed E-state index contributed by atoms with van der Waals surface area (Å²) in [6, 6.07) is 11.0. The molecule has 2 N–H and O–H groups in total. The molecule has 9 heteroatoms. The number of carbonyl (C=O) groups is 3. The lowest BCUT2D eigenvalue weighted by atomic mass is 9.38. The van der Waals surface area contributed by atoms with E-state index in [9.17, 15) is 18.8 Å². The summed E-state index contributed by atoms with van der Waals surface area (Å²) in [6.07, 6.45) is 1.08. The first-order chi connectivity index (χ1) is 15.3. The number of hydrogen-bond acceptors (Lipinski definition) is 5. The Bertz CT molecular complexity index is 1120. The average Bonchev–Trinajstić information content (AvgIpc) is 2.71. The Balaban J connectivity index is 1.10. The lowest BCUT2D eigenvalue weighted by Crippen LogP contribution is -2.76. The first-order valence-corrected chi connectivity index (χ1v) is 10.6. The van der Waals surface area contributed by atoms with Crippen LogP contribution in [-0.2, 0) is 14.4 Å². The zero-order valence-electron chi connectivity index (χ0n) is 17.0. The Hall–Kier alpha value is -3.13. The zero-order valence-corrected chi connectivity index (χ0v) is 17.7. The van der Waals surface area contributed by atoms with Crippen molar-refractivity contribution < 1.29 is 28.2 Å². The third-order valence-electron chi connectivity index (χ3n) is 6.26. The van der Waals surface area contributed by atoms with Crippen molar-refractivity contribution in [1.29, 1.82) is 0 Å².